The third-order valence-electron chi connectivity index (χ3n) is 8.09. The molecule has 0 amide bonds. The van der Waals surface area contributed by atoms with Gasteiger partial charge in [-0.05, 0) is 44.4 Å². The minimum absolute atomic E-state index is 0.0928. The minimum atomic E-state index is 0.0928. The van der Waals surface area contributed by atoms with Gasteiger partial charge in [-0.15, -0.1) is 0 Å². The number of Topliss-reactive ketones (excluding diaryl/α,β-unsaturated/α-hetero) is 1. The molecule has 0 spiro atoms. The molecule has 3 nitrogen and oxygen atoms in total. The van der Waals surface area contributed by atoms with E-state index in [1.54, 1.807) is 0 Å². The second kappa shape index (κ2) is 19.4. The number of carbonyl (C=O) groups is 2. The highest BCUT2D eigenvalue weighted by Crippen LogP contribution is 2.31. The zero-order valence-corrected chi connectivity index (χ0v) is 21.8. The van der Waals surface area contributed by atoms with Crippen LogP contribution in [0.5, 0.6) is 0 Å². The first kappa shape index (κ1) is 28.4. The van der Waals surface area contributed by atoms with E-state index in [1.165, 1.54) is 103 Å². The number of rotatable bonds is 1. The van der Waals surface area contributed by atoms with Gasteiger partial charge in [0.05, 0.1) is 12.5 Å². The van der Waals surface area contributed by atoms with E-state index < -0.39 is 0 Å². The van der Waals surface area contributed by atoms with Crippen molar-refractivity contribution in [1.82, 2.24) is 0 Å². The van der Waals surface area contributed by atoms with Crippen LogP contribution in [0.1, 0.15) is 161 Å². The van der Waals surface area contributed by atoms with Gasteiger partial charge in [0.25, 0.3) is 0 Å². The molecule has 2 atom stereocenters. The van der Waals surface area contributed by atoms with Gasteiger partial charge in [-0.3, -0.25) is 9.59 Å². The zero-order chi connectivity index (χ0) is 23.4. The maximum Gasteiger partial charge on any atom is 0.309 e. The average molecular weight is 463 g/mol. The SMILES string of the molecule is O=C1CCCCCCCCC(C2CCCCCCCCCCCCCOC2=O)CCCCC1. The summed E-state index contributed by atoms with van der Waals surface area (Å²) in [5.41, 5.74) is 0. The van der Waals surface area contributed by atoms with E-state index >= 15 is 0 Å². The van der Waals surface area contributed by atoms with Crippen molar-refractivity contribution in [3.8, 4) is 0 Å². The fraction of sp³-hybridized carbons (Fsp3) is 0.933. The van der Waals surface area contributed by atoms with Crippen LogP contribution in [0.2, 0.25) is 0 Å². The second-order valence-electron chi connectivity index (χ2n) is 11.0. The van der Waals surface area contributed by atoms with E-state index in [0.29, 0.717) is 18.3 Å². The Morgan fingerprint density at radius 1 is 0.455 bits per heavy atom. The van der Waals surface area contributed by atoms with Crippen molar-refractivity contribution in [3.63, 3.8) is 0 Å². The maximum atomic E-state index is 13.2. The molecule has 0 radical (unpaired) electrons. The molecule has 3 heteroatoms. The highest BCUT2D eigenvalue weighted by molar-refractivity contribution is 5.78. The smallest absolute Gasteiger partial charge is 0.309 e. The summed E-state index contributed by atoms with van der Waals surface area (Å²) in [5, 5.41) is 0. The minimum Gasteiger partial charge on any atom is -0.465 e. The van der Waals surface area contributed by atoms with E-state index in [9.17, 15) is 9.59 Å². The highest BCUT2D eigenvalue weighted by Gasteiger charge is 2.28. The standard InChI is InChI=1S/C30H54O3/c31-28-23-17-11-8-7-10-15-21-27(22-16-14-18-24-28)29-25-19-12-6-4-2-1-3-5-9-13-20-26-33-30(29)32/h27,29H,1-26H2. The number of carbonyl (C=O) groups excluding carboxylic acids is 2. The predicted octanol–water partition coefficient (Wildman–Crippen LogP) is 9.11. The molecule has 1 heterocycles. The van der Waals surface area contributed by atoms with Crippen LogP contribution in [0, 0.1) is 11.8 Å². The summed E-state index contributed by atoms with van der Waals surface area (Å²) >= 11 is 0. The highest BCUT2D eigenvalue weighted by atomic mass is 16.5. The number of hydrogen-bond donors (Lipinski definition) is 0. The van der Waals surface area contributed by atoms with Gasteiger partial charge in [0, 0.05) is 12.8 Å². The van der Waals surface area contributed by atoms with Gasteiger partial charge in [0.1, 0.15) is 5.78 Å². The molecule has 2 aliphatic rings. The lowest BCUT2D eigenvalue weighted by Gasteiger charge is -2.26. The van der Waals surface area contributed by atoms with Crippen LogP contribution in [0.3, 0.4) is 0 Å². The summed E-state index contributed by atoms with van der Waals surface area (Å²) < 4.78 is 5.86. The van der Waals surface area contributed by atoms with Gasteiger partial charge in [-0.2, -0.15) is 0 Å². The average Bonchev–Trinajstić information content (AvgIpc) is 2.81. The fourth-order valence-corrected chi connectivity index (χ4v) is 5.90. The molecule has 2 fully saturated rings. The second-order valence-corrected chi connectivity index (χ2v) is 11.0. The molecular formula is C30H54O3. The summed E-state index contributed by atoms with van der Waals surface area (Å²) in [7, 11) is 0. The maximum absolute atomic E-state index is 13.2. The van der Waals surface area contributed by atoms with Crippen LogP contribution in [0.25, 0.3) is 0 Å². The van der Waals surface area contributed by atoms with Gasteiger partial charge in [0.2, 0.25) is 0 Å². The van der Waals surface area contributed by atoms with Crippen molar-refractivity contribution >= 4 is 11.8 Å². The molecule has 33 heavy (non-hydrogen) atoms. The van der Waals surface area contributed by atoms with Crippen LogP contribution in [-0.4, -0.2) is 18.4 Å². The molecule has 2 unspecified atom stereocenters. The van der Waals surface area contributed by atoms with E-state index in [1.807, 2.05) is 0 Å². The van der Waals surface area contributed by atoms with E-state index in [-0.39, 0.29) is 11.9 Å². The van der Waals surface area contributed by atoms with E-state index in [2.05, 4.69) is 0 Å². The van der Waals surface area contributed by atoms with Crippen molar-refractivity contribution in [2.24, 2.45) is 11.8 Å². The summed E-state index contributed by atoms with van der Waals surface area (Å²) in [6.45, 7) is 0.615. The van der Waals surface area contributed by atoms with Crippen LogP contribution < -0.4 is 0 Å². The summed E-state index contributed by atoms with van der Waals surface area (Å²) in [4.78, 5) is 25.3. The summed E-state index contributed by atoms with van der Waals surface area (Å²) in [6, 6.07) is 0. The van der Waals surface area contributed by atoms with Crippen molar-refractivity contribution in [1.29, 1.82) is 0 Å². The van der Waals surface area contributed by atoms with E-state index in [4.69, 9.17) is 4.74 Å². The molecule has 1 saturated heterocycles. The van der Waals surface area contributed by atoms with Crippen molar-refractivity contribution in [2.45, 2.75) is 161 Å². The molecule has 0 N–H and O–H groups in total. The Labute approximate surface area is 205 Å². The van der Waals surface area contributed by atoms with Crippen LogP contribution in [0.15, 0.2) is 0 Å². The molecule has 2 rings (SSSR count). The number of ether oxygens (including phenoxy) is 1. The Morgan fingerprint density at radius 2 is 0.848 bits per heavy atom. The van der Waals surface area contributed by atoms with Crippen LogP contribution in [-0.2, 0) is 14.3 Å². The topological polar surface area (TPSA) is 43.4 Å². The predicted molar refractivity (Wildman–Crippen MR) is 138 cm³/mol. The Kier molecular flexibility index (Phi) is 16.7. The Morgan fingerprint density at radius 3 is 1.39 bits per heavy atom. The Hall–Kier alpha value is -0.860. The monoisotopic (exact) mass is 462 g/mol. The molecular weight excluding hydrogens is 408 g/mol. The first-order valence-electron chi connectivity index (χ1n) is 15.0. The lowest BCUT2D eigenvalue weighted by molar-refractivity contribution is -0.151. The van der Waals surface area contributed by atoms with Crippen LogP contribution >= 0.6 is 0 Å². The quantitative estimate of drug-likeness (QED) is 0.365. The Bertz CT molecular complexity index is 501. The van der Waals surface area contributed by atoms with E-state index in [0.717, 1.165) is 57.8 Å². The lowest BCUT2D eigenvalue weighted by Crippen LogP contribution is -2.27. The fourth-order valence-electron chi connectivity index (χ4n) is 5.90. The summed E-state index contributed by atoms with van der Waals surface area (Å²) in [5.74, 6) is 1.12. The normalized spacial score (nSPS) is 28.2. The van der Waals surface area contributed by atoms with Gasteiger partial charge in [0.15, 0.2) is 0 Å². The first-order valence-corrected chi connectivity index (χ1v) is 15.0. The molecule has 1 saturated carbocycles. The van der Waals surface area contributed by atoms with Crippen molar-refractivity contribution in [3.05, 3.63) is 0 Å². The molecule has 1 aliphatic heterocycles. The molecule has 0 aromatic carbocycles. The lowest BCUT2D eigenvalue weighted by atomic mass is 9.80. The largest absolute Gasteiger partial charge is 0.465 e. The van der Waals surface area contributed by atoms with Crippen molar-refractivity contribution in [2.75, 3.05) is 6.61 Å². The number of cyclic esters (lactones) is 1. The molecule has 192 valence electrons. The number of esters is 1. The van der Waals surface area contributed by atoms with Gasteiger partial charge >= 0.3 is 5.97 Å². The van der Waals surface area contributed by atoms with Gasteiger partial charge < -0.3 is 4.74 Å². The molecule has 0 aromatic heterocycles. The zero-order valence-electron chi connectivity index (χ0n) is 21.8. The first-order chi connectivity index (χ1) is 16.3. The number of ketones is 1. The third-order valence-corrected chi connectivity index (χ3v) is 8.09. The van der Waals surface area contributed by atoms with Crippen molar-refractivity contribution < 1.29 is 14.3 Å². The summed E-state index contributed by atoms with van der Waals surface area (Å²) in [6.07, 6.45) is 29.6. The Balaban J connectivity index is 1.93. The molecule has 0 aromatic rings. The van der Waals surface area contributed by atoms with Crippen LogP contribution in [0.4, 0.5) is 0 Å². The third kappa shape index (κ3) is 14.2. The number of hydrogen-bond acceptors (Lipinski definition) is 3. The molecule has 1 aliphatic carbocycles. The molecule has 0 bridgehead atoms. The van der Waals surface area contributed by atoms with Gasteiger partial charge in [-0.25, -0.2) is 0 Å². The van der Waals surface area contributed by atoms with Gasteiger partial charge in [-0.1, -0.05) is 109 Å².